The number of hydrogen-bond acceptors (Lipinski definition) is 4. The normalized spacial score (nSPS) is 40.2. The Morgan fingerprint density at radius 2 is 1.94 bits per heavy atom. The molecule has 2 fully saturated rings. The minimum absolute atomic E-state index is 0.0221. The highest BCUT2D eigenvalue weighted by molar-refractivity contribution is 5.16. The molecule has 4 nitrogen and oxygen atoms in total. The molecule has 1 aromatic rings. The van der Waals surface area contributed by atoms with E-state index in [-0.39, 0.29) is 30.6 Å². The van der Waals surface area contributed by atoms with Crippen LogP contribution < -0.4 is 5.73 Å². The van der Waals surface area contributed by atoms with Crippen LogP contribution in [0.15, 0.2) is 30.3 Å². The zero-order valence-corrected chi connectivity index (χ0v) is 10.5. The molecular formula is C14H19NO3. The molecule has 0 saturated carbocycles. The molecule has 2 heterocycles. The number of benzene rings is 1. The standard InChI is InChI=1S/C14H19NO3/c1-9-7-11(15)13-12(17-9)8-16-14(18-13)10-5-3-2-4-6-10/h2-6,9,11-14H,7-8,15H2,1H3. The van der Waals surface area contributed by atoms with E-state index in [0.29, 0.717) is 6.61 Å². The second-order valence-corrected chi connectivity index (χ2v) is 5.06. The molecule has 2 aliphatic rings. The smallest absolute Gasteiger partial charge is 0.184 e. The van der Waals surface area contributed by atoms with E-state index in [1.54, 1.807) is 0 Å². The summed E-state index contributed by atoms with van der Waals surface area (Å²) in [6.07, 6.45) is 0.587. The molecule has 2 aliphatic heterocycles. The lowest BCUT2D eigenvalue weighted by atomic mass is 9.96. The quantitative estimate of drug-likeness (QED) is 0.821. The van der Waals surface area contributed by atoms with Crippen LogP contribution in [-0.2, 0) is 14.2 Å². The Morgan fingerprint density at radius 1 is 1.17 bits per heavy atom. The van der Waals surface area contributed by atoms with Crippen molar-refractivity contribution in [3.8, 4) is 0 Å². The van der Waals surface area contributed by atoms with Crippen molar-refractivity contribution in [2.24, 2.45) is 5.73 Å². The monoisotopic (exact) mass is 249 g/mol. The second-order valence-electron chi connectivity index (χ2n) is 5.06. The Kier molecular flexibility index (Phi) is 3.35. The predicted molar refractivity (Wildman–Crippen MR) is 66.9 cm³/mol. The van der Waals surface area contributed by atoms with Crippen LogP contribution in [0.5, 0.6) is 0 Å². The number of ether oxygens (including phenoxy) is 3. The molecule has 0 bridgehead atoms. The molecule has 1 aromatic carbocycles. The summed E-state index contributed by atoms with van der Waals surface area (Å²) >= 11 is 0. The van der Waals surface area contributed by atoms with Gasteiger partial charge in [-0.3, -0.25) is 0 Å². The second kappa shape index (κ2) is 4.97. The molecular weight excluding hydrogens is 230 g/mol. The maximum absolute atomic E-state index is 6.16. The summed E-state index contributed by atoms with van der Waals surface area (Å²) in [7, 11) is 0. The molecule has 2 N–H and O–H groups in total. The summed E-state index contributed by atoms with van der Waals surface area (Å²) in [6.45, 7) is 2.58. The van der Waals surface area contributed by atoms with Gasteiger partial charge in [-0.2, -0.15) is 0 Å². The van der Waals surface area contributed by atoms with Crippen molar-refractivity contribution in [1.82, 2.24) is 0 Å². The van der Waals surface area contributed by atoms with E-state index in [9.17, 15) is 0 Å². The van der Waals surface area contributed by atoms with Crippen LogP contribution in [0.3, 0.4) is 0 Å². The topological polar surface area (TPSA) is 53.7 Å². The third-order valence-electron chi connectivity index (χ3n) is 3.56. The Morgan fingerprint density at radius 3 is 2.72 bits per heavy atom. The highest BCUT2D eigenvalue weighted by atomic mass is 16.7. The molecule has 0 spiro atoms. The summed E-state index contributed by atoms with van der Waals surface area (Å²) in [4.78, 5) is 0. The summed E-state index contributed by atoms with van der Waals surface area (Å²) in [5, 5.41) is 0. The van der Waals surface area contributed by atoms with E-state index < -0.39 is 0 Å². The Labute approximate surface area is 107 Å². The van der Waals surface area contributed by atoms with Gasteiger partial charge >= 0.3 is 0 Å². The predicted octanol–water partition coefficient (Wildman–Crippen LogP) is 1.61. The van der Waals surface area contributed by atoms with Gasteiger partial charge in [0.1, 0.15) is 12.2 Å². The first-order valence-electron chi connectivity index (χ1n) is 6.47. The zero-order chi connectivity index (χ0) is 12.5. The fourth-order valence-electron chi connectivity index (χ4n) is 2.70. The summed E-state index contributed by atoms with van der Waals surface area (Å²) in [5.74, 6) is 0. The molecule has 0 aromatic heterocycles. The summed E-state index contributed by atoms with van der Waals surface area (Å²) < 4.78 is 17.5. The fourth-order valence-corrected chi connectivity index (χ4v) is 2.70. The van der Waals surface area contributed by atoms with Gasteiger partial charge in [0.2, 0.25) is 0 Å². The van der Waals surface area contributed by atoms with Crippen molar-refractivity contribution in [3.05, 3.63) is 35.9 Å². The molecule has 0 amide bonds. The number of nitrogens with two attached hydrogens (primary N) is 1. The van der Waals surface area contributed by atoms with E-state index in [4.69, 9.17) is 19.9 Å². The highest BCUT2D eigenvalue weighted by Gasteiger charge is 2.41. The van der Waals surface area contributed by atoms with Crippen LogP contribution in [0.2, 0.25) is 0 Å². The molecule has 3 rings (SSSR count). The minimum Gasteiger partial charge on any atom is -0.370 e. The summed E-state index contributed by atoms with van der Waals surface area (Å²) in [6, 6.07) is 9.97. The van der Waals surface area contributed by atoms with Gasteiger partial charge in [-0.1, -0.05) is 30.3 Å². The Balaban J connectivity index is 1.73. The molecule has 5 atom stereocenters. The SMILES string of the molecule is CC1CC(N)C2OC(c3ccccc3)OCC2O1. The van der Waals surface area contributed by atoms with Gasteiger partial charge < -0.3 is 19.9 Å². The van der Waals surface area contributed by atoms with E-state index in [1.807, 2.05) is 37.3 Å². The van der Waals surface area contributed by atoms with Gasteiger partial charge in [-0.25, -0.2) is 0 Å². The van der Waals surface area contributed by atoms with Crippen LogP contribution in [-0.4, -0.2) is 31.0 Å². The van der Waals surface area contributed by atoms with Gasteiger partial charge in [0.15, 0.2) is 6.29 Å². The van der Waals surface area contributed by atoms with Crippen molar-refractivity contribution in [2.75, 3.05) is 6.61 Å². The molecule has 5 unspecified atom stereocenters. The van der Waals surface area contributed by atoms with E-state index in [1.165, 1.54) is 0 Å². The van der Waals surface area contributed by atoms with Crippen molar-refractivity contribution >= 4 is 0 Å². The van der Waals surface area contributed by atoms with Crippen LogP contribution in [0.1, 0.15) is 25.2 Å². The fraction of sp³-hybridized carbons (Fsp3) is 0.571. The largest absolute Gasteiger partial charge is 0.370 e. The van der Waals surface area contributed by atoms with Crippen molar-refractivity contribution in [2.45, 2.75) is 44.0 Å². The van der Waals surface area contributed by atoms with Gasteiger partial charge in [-0.15, -0.1) is 0 Å². The molecule has 18 heavy (non-hydrogen) atoms. The average Bonchev–Trinajstić information content (AvgIpc) is 2.39. The molecule has 0 radical (unpaired) electrons. The van der Waals surface area contributed by atoms with Crippen LogP contribution in [0, 0.1) is 0 Å². The van der Waals surface area contributed by atoms with Gasteiger partial charge in [0.25, 0.3) is 0 Å². The van der Waals surface area contributed by atoms with Gasteiger partial charge in [0.05, 0.1) is 12.7 Å². The molecule has 98 valence electrons. The first-order chi connectivity index (χ1) is 8.74. The lowest BCUT2D eigenvalue weighted by Gasteiger charge is -2.44. The lowest BCUT2D eigenvalue weighted by Crippen LogP contribution is -2.57. The minimum atomic E-state index is -0.324. The highest BCUT2D eigenvalue weighted by Crippen LogP contribution is 2.32. The van der Waals surface area contributed by atoms with Crippen LogP contribution >= 0.6 is 0 Å². The van der Waals surface area contributed by atoms with E-state index in [2.05, 4.69) is 0 Å². The third kappa shape index (κ3) is 2.29. The summed E-state index contributed by atoms with van der Waals surface area (Å²) in [5.41, 5.74) is 7.19. The lowest BCUT2D eigenvalue weighted by molar-refractivity contribution is -0.290. The Bertz CT molecular complexity index is 397. The average molecular weight is 249 g/mol. The Hall–Kier alpha value is -0.940. The van der Waals surface area contributed by atoms with Crippen molar-refractivity contribution in [3.63, 3.8) is 0 Å². The molecule has 2 saturated heterocycles. The van der Waals surface area contributed by atoms with Crippen LogP contribution in [0.25, 0.3) is 0 Å². The van der Waals surface area contributed by atoms with E-state index in [0.717, 1.165) is 12.0 Å². The first kappa shape index (κ1) is 12.1. The zero-order valence-electron chi connectivity index (χ0n) is 10.5. The van der Waals surface area contributed by atoms with Crippen molar-refractivity contribution < 1.29 is 14.2 Å². The number of hydrogen-bond donors (Lipinski definition) is 1. The first-order valence-corrected chi connectivity index (χ1v) is 6.47. The van der Waals surface area contributed by atoms with Gasteiger partial charge in [0, 0.05) is 11.6 Å². The maximum Gasteiger partial charge on any atom is 0.184 e. The van der Waals surface area contributed by atoms with Crippen LogP contribution in [0.4, 0.5) is 0 Å². The number of fused-ring (bicyclic) bond motifs is 1. The molecule has 4 heteroatoms. The molecule has 0 aliphatic carbocycles. The van der Waals surface area contributed by atoms with Crippen molar-refractivity contribution in [1.29, 1.82) is 0 Å². The number of rotatable bonds is 1. The van der Waals surface area contributed by atoms with Gasteiger partial charge in [-0.05, 0) is 13.3 Å². The van der Waals surface area contributed by atoms with E-state index >= 15 is 0 Å². The third-order valence-corrected chi connectivity index (χ3v) is 3.56. The maximum atomic E-state index is 6.16.